The van der Waals surface area contributed by atoms with Crippen LogP contribution in [0.25, 0.3) is 0 Å². The van der Waals surface area contributed by atoms with E-state index in [0.717, 1.165) is 16.8 Å². The predicted molar refractivity (Wildman–Crippen MR) is 98.6 cm³/mol. The first-order valence-electron chi connectivity index (χ1n) is 8.49. The second-order valence-electron chi connectivity index (χ2n) is 6.55. The number of nitrogens with zero attached hydrogens (tertiary/aromatic N) is 1. The fraction of sp³-hybridized carbons (Fsp3) is 0.350. The number of likely N-dealkylation sites (N-methyl/N-ethyl adjacent to an activating group) is 1. The average Bonchev–Trinajstić information content (AvgIpc) is 2.57. The van der Waals surface area contributed by atoms with Crippen molar-refractivity contribution >= 4 is 11.6 Å². The molecule has 0 aliphatic rings. The quantitative estimate of drug-likeness (QED) is 0.792. The predicted octanol–water partition coefficient (Wildman–Crippen LogP) is 4.66. The summed E-state index contributed by atoms with van der Waals surface area (Å²) < 4.78 is 41.7. The Morgan fingerprint density at radius 3 is 2.52 bits per heavy atom. The van der Waals surface area contributed by atoms with Gasteiger partial charge in [0.15, 0.2) is 0 Å². The van der Waals surface area contributed by atoms with Gasteiger partial charge in [-0.1, -0.05) is 30.3 Å². The Morgan fingerprint density at radius 2 is 1.85 bits per heavy atom. The van der Waals surface area contributed by atoms with Gasteiger partial charge in [0.25, 0.3) is 0 Å². The van der Waals surface area contributed by atoms with Crippen molar-refractivity contribution in [2.24, 2.45) is 0 Å². The molecule has 0 heterocycles. The van der Waals surface area contributed by atoms with Crippen LogP contribution >= 0.6 is 0 Å². The van der Waals surface area contributed by atoms with Crippen LogP contribution in [-0.4, -0.2) is 30.3 Å². The third-order valence-corrected chi connectivity index (χ3v) is 4.31. The van der Waals surface area contributed by atoms with Crippen molar-refractivity contribution in [3.05, 3.63) is 59.2 Å². The number of alkyl halides is 3. The van der Waals surface area contributed by atoms with Gasteiger partial charge in [0, 0.05) is 17.8 Å². The van der Waals surface area contributed by atoms with Crippen LogP contribution in [-0.2, 0) is 11.3 Å². The molecule has 27 heavy (non-hydrogen) atoms. The van der Waals surface area contributed by atoms with Crippen molar-refractivity contribution in [1.82, 2.24) is 4.90 Å². The Morgan fingerprint density at radius 1 is 1.19 bits per heavy atom. The molecule has 2 aromatic carbocycles. The summed E-state index contributed by atoms with van der Waals surface area (Å²) in [7, 11) is 1.68. The van der Waals surface area contributed by atoms with Gasteiger partial charge in [-0.05, 0) is 51.1 Å². The van der Waals surface area contributed by atoms with Crippen LogP contribution in [0.3, 0.4) is 0 Å². The molecule has 0 aliphatic heterocycles. The number of hydrogen-bond donors (Lipinski definition) is 1. The summed E-state index contributed by atoms with van der Waals surface area (Å²) in [5.74, 6) is -0.501. The number of carbonyl (C=O) groups excluding carboxylic acids is 1. The second-order valence-corrected chi connectivity index (χ2v) is 6.55. The Balaban J connectivity index is 2.08. The van der Waals surface area contributed by atoms with Gasteiger partial charge in [0.2, 0.25) is 5.91 Å². The monoisotopic (exact) mass is 380 g/mol. The molecule has 0 radical (unpaired) electrons. The number of hydrogen-bond acceptors (Lipinski definition) is 3. The number of nitrogens with one attached hydrogen (secondary N) is 1. The summed E-state index contributed by atoms with van der Waals surface area (Å²) >= 11 is 0. The fourth-order valence-electron chi connectivity index (χ4n) is 2.57. The number of aryl methyl sites for hydroxylation is 2. The van der Waals surface area contributed by atoms with Crippen molar-refractivity contribution in [3.8, 4) is 5.75 Å². The second kappa shape index (κ2) is 8.43. The molecular weight excluding hydrogens is 357 g/mol. The Bertz CT molecular complexity index is 806. The molecule has 1 atom stereocenters. The number of amides is 1. The minimum Gasteiger partial charge on any atom is -0.405 e. The third kappa shape index (κ3) is 5.99. The molecule has 0 saturated carbocycles. The van der Waals surface area contributed by atoms with Gasteiger partial charge >= 0.3 is 6.36 Å². The number of halogens is 3. The highest BCUT2D eigenvalue weighted by molar-refractivity contribution is 5.95. The number of benzene rings is 2. The van der Waals surface area contributed by atoms with E-state index in [4.69, 9.17) is 0 Å². The third-order valence-electron chi connectivity index (χ3n) is 4.31. The van der Waals surface area contributed by atoms with Crippen molar-refractivity contribution < 1.29 is 22.7 Å². The summed E-state index contributed by atoms with van der Waals surface area (Å²) in [4.78, 5) is 14.2. The number of anilines is 1. The zero-order chi connectivity index (χ0) is 20.2. The van der Waals surface area contributed by atoms with E-state index in [1.54, 1.807) is 31.0 Å². The lowest BCUT2D eigenvalue weighted by Gasteiger charge is -2.25. The summed E-state index contributed by atoms with van der Waals surface area (Å²) in [6.45, 7) is 5.66. The maximum atomic E-state index is 12.6. The van der Waals surface area contributed by atoms with E-state index in [2.05, 4.69) is 10.1 Å². The summed E-state index contributed by atoms with van der Waals surface area (Å²) in [6, 6.07) is 11.1. The molecule has 0 aromatic heterocycles. The molecule has 4 nitrogen and oxygen atoms in total. The van der Waals surface area contributed by atoms with Crippen molar-refractivity contribution in [1.29, 1.82) is 0 Å². The minimum absolute atomic E-state index is 0.133. The lowest BCUT2D eigenvalue weighted by molar-refractivity contribution is -0.275. The van der Waals surface area contributed by atoms with Crippen LogP contribution in [0.1, 0.15) is 23.6 Å². The average molecular weight is 380 g/mol. The molecule has 0 spiro atoms. The topological polar surface area (TPSA) is 41.6 Å². The Labute approximate surface area is 156 Å². The molecule has 0 fully saturated rings. The van der Waals surface area contributed by atoms with Gasteiger partial charge < -0.3 is 10.1 Å². The van der Waals surface area contributed by atoms with Gasteiger partial charge in [0.05, 0.1) is 6.04 Å². The minimum atomic E-state index is -4.76. The Hall–Kier alpha value is -2.54. The van der Waals surface area contributed by atoms with Crippen LogP contribution in [0.5, 0.6) is 5.75 Å². The number of rotatable bonds is 6. The van der Waals surface area contributed by atoms with E-state index in [-0.39, 0.29) is 18.2 Å². The zero-order valence-electron chi connectivity index (χ0n) is 15.7. The molecule has 0 aliphatic carbocycles. The molecule has 1 amide bonds. The van der Waals surface area contributed by atoms with E-state index < -0.39 is 12.4 Å². The van der Waals surface area contributed by atoms with Crippen LogP contribution in [0.4, 0.5) is 18.9 Å². The van der Waals surface area contributed by atoms with Gasteiger partial charge in [0.1, 0.15) is 5.75 Å². The van der Waals surface area contributed by atoms with E-state index in [9.17, 15) is 18.0 Å². The van der Waals surface area contributed by atoms with Crippen LogP contribution in [0.15, 0.2) is 42.5 Å². The van der Waals surface area contributed by atoms with Gasteiger partial charge in [-0.3, -0.25) is 9.69 Å². The SMILES string of the molecule is Cc1ccc(C)c(NC(=O)C(C)N(C)Cc2ccccc2OC(F)(F)F)c1. The maximum Gasteiger partial charge on any atom is 0.573 e. The lowest BCUT2D eigenvalue weighted by Crippen LogP contribution is -2.39. The first-order chi connectivity index (χ1) is 12.6. The highest BCUT2D eigenvalue weighted by Crippen LogP contribution is 2.27. The normalized spacial score (nSPS) is 12.7. The van der Waals surface area contributed by atoms with Gasteiger partial charge in [-0.25, -0.2) is 0 Å². The maximum absolute atomic E-state index is 12.6. The first kappa shape index (κ1) is 20.8. The number of para-hydroxylation sites is 1. The van der Waals surface area contributed by atoms with Crippen molar-refractivity contribution in [3.63, 3.8) is 0 Å². The molecule has 0 bridgehead atoms. The van der Waals surface area contributed by atoms with Gasteiger partial charge in [-0.2, -0.15) is 0 Å². The first-order valence-corrected chi connectivity index (χ1v) is 8.49. The van der Waals surface area contributed by atoms with Crippen molar-refractivity contribution in [2.75, 3.05) is 12.4 Å². The van der Waals surface area contributed by atoms with Crippen LogP contribution < -0.4 is 10.1 Å². The van der Waals surface area contributed by atoms with Crippen LogP contribution in [0, 0.1) is 13.8 Å². The molecule has 146 valence electrons. The highest BCUT2D eigenvalue weighted by Gasteiger charge is 2.32. The molecule has 2 rings (SSSR count). The molecule has 0 saturated heterocycles. The molecule has 7 heteroatoms. The molecule has 1 N–H and O–H groups in total. The van der Waals surface area contributed by atoms with E-state index >= 15 is 0 Å². The summed E-state index contributed by atoms with van der Waals surface area (Å²) in [6.07, 6.45) is -4.76. The van der Waals surface area contributed by atoms with Crippen molar-refractivity contribution in [2.45, 2.75) is 39.7 Å². The molecular formula is C20H23F3N2O2. The van der Waals surface area contributed by atoms with E-state index in [0.29, 0.717) is 5.56 Å². The van der Waals surface area contributed by atoms with E-state index in [1.807, 2.05) is 32.0 Å². The van der Waals surface area contributed by atoms with Gasteiger partial charge in [-0.15, -0.1) is 13.2 Å². The molecule has 2 aromatic rings. The fourth-order valence-corrected chi connectivity index (χ4v) is 2.57. The lowest BCUT2D eigenvalue weighted by atomic mass is 10.1. The largest absolute Gasteiger partial charge is 0.573 e. The highest BCUT2D eigenvalue weighted by atomic mass is 19.4. The molecule has 1 unspecified atom stereocenters. The smallest absolute Gasteiger partial charge is 0.405 e. The summed E-state index contributed by atoms with van der Waals surface area (Å²) in [5.41, 5.74) is 3.03. The Kier molecular flexibility index (Phi) is 6.49. The summed E-state index contributed by atoms with van der Waals surface area (Å²) in [5, 5.41) is 2.88. The number of carbonyl (C=O) groups is 1. The standard InChI is InChI=1S/C20H23F3N2O2/c1-13-9-10-14(2)17(11-13)24-19(26)15(3)25(4)12-16-7-5-6-8-18(16)27-20(21,22)23/h5-11,15H,12H2,1-4H3,(H,24,26). The zero-order valence-corrected chi connectivity index (χ0v) is 15.7. The van der Waals surface area contributed by atoms with Crippen LogP contribution in [0.2, 0.25) is 0 Å². The number of ether oxygens (including phenoxy) is 1. The van der Waals surface area contributed by atoms with E-state index in [1.165, 1.54) is 12.1 Å².